The van der Waals surface area contributed by atoms with Gasteiger partial charge in [-0.1, -0.05) is 26.0 Å². The fraction of sp³-hybridized carbons (Fsp3) is 0.400. The van der Waals surface area contributed by atoms with Crippen molar-refractivity contribution in [1.82, 2.24) is 4.98 Å². The first-order valence-electron chi connectivity index (χ1n) is 8.71. The minimum atomic E-state index is -0.0874. The molecule has 2 atom stereocenters. The lowest BCUT2D eigenvalue weighted by Gasteiger charge is -2.20. The third-order valence-electron chi connectivity index (χ3n) is 4.21. The number of pyridine rings is 1. The van der Waals surface area contributed by atoms with Gasteiger partial charge in [-0.05, 0) is 18.2 Å². The molecule has 6 nitrogen and oxygen atoms in total. The van der Waals surface area contributed by atoms with Crippen LogP contribution in [0.2, 0.25) is 0 Å². The quantitative estimate of drug-likeness (QED) is 0.796. The Bertz CT molecular complexity index is 719. The van der Waals surface area contributed by atoms with Gasteiger partial charge in [0.2, 0.25) is 5.88 Å². The molecule has 1 aliphatic rings. The van der Waals surface area contributed by atoms with Crippen LogP contribution in [0.4, 0.5) is 0 Å². The number of hydrogen-bond acceptors (Lipinski definition) is 6. The first-order valence-corrected chi connectivity index (χ1v) is 8.71. The number of phenolic OH excluding ortho intramolecular Hbond substituents is 1. The number of benzene rings is 1. The number of carbonyl (C=O) groups is 1. The fourth-order valence-electron chi connectivity index (χ4n) is 2.94. The third-order valence-corrected chi connectivity index (χ3v) is 4.21. The van der Waals surface area contributed by atoms with Crippen LogP contribution < -0.4 is 9.47 Å². The number of aldehydes is 1. The average molecular weight is 359 g/mol. The molecule has 2 unspecified atom stereocenters. The van der Waals surface area contributed by atoms with Crippen LogP contribution in [0.15, 0.2) is 36.5 Å². The number of nitrogens with zero attached hydrogens (tertiary/aromatic N) is 1. The second-order valence-electron chi connectivity index (χ2n) is 5.62. The summed E-state index contributed by atoms with van der Waals surface area (Å²) in [6.45, 7) is 5.49. The highest BCUT2D eigenvalue weighted by molar-refractivity contribution is 5.83. The molecule has 0 bridgehead atoms. The maximum atomic E-state index is 11.1. The lowest BCUT2D eigenvalue weighted by atomic mass is 9.90. The number of ether oxygens (including phenoxy) is 3. The van der Waals surface area contributed by atoms with Crippen LogP contribution in [0, 0.1) is 5.92 Å². The van der Waals surface area contributed by atoms with Crippen LogP contribution in [-0.2, 0) is 4.74 Å². The topological polar surface area (TPSA) is 77.9 Å². The molecule has 0 aliphatic carbocycles. The van der Waals surface area contributed by atoms with E-state index in [4.69, 9.17) is 14.2 Å². The molecule has 1 aromatic carbocycles. The summed E-state index contributed by atoms with van der Waals surface area (Å²) in [6, 6.07) is 8.61. The number of aromatic nitrogens is 1. The molecule has 1 aliphatic heterocycles. The van der Waals surface area contributed by atoms with E-state index in [-0.39, 0.29) is 23.1 Å². The van der Waals surface area contributed by atoms with Gasteiger partial charge in [0.1, 0.15) is 11.5 Å². The maximum absolute atomic E-state index is 11.1. The van der Waals surface area contributed by atoms with Gasteiger partial charge in [-0.25, -0.2) is 4.98 Å². The summed E-state index contributed by atoms with van der Waals surface area (Å²) in [6.07, 6.45) is 2.28. The fourth-order valence-corrected chi connectivity index (χ4v) is 2.94. The van der Waals surface area contributed by atoms with Crippen molar-refractivity contribution in [2.24, 2.45) is 5.92 Å². The first-order chi connectivity index (χ1) is 12.7. The van der Waals surface area contributed by atoms with Crippen molar-refractivity contribution < 1.29 is 24.1 Å². The molecular weight excluding hydrogens is 334 g/mol. The number of hydrogen-bond donors (Lipinski definition) is 1. The second-order valence-corrected chi connectivity index (χ2v) is 5.62. The normalized spacial score (nSPS) is 18.6. The molecule has 3 rings (SSSR count). The van der Waals surface area contributed by atoms with Gasteiger partial charge in [-0.15, -0.1) is 0 Å². The van der Waals surface area contributed by atoms with Gasteiger partial charge in [0, 0.05) is 23.6 Å². The van der Waals surface area contributed by atoms with Gasteiger partial charge in [-0.3, -0.25) is 4.79 Å². The van der Waals surface area contributed by atoms with Crippen LogP contribution in [0.1, 0.15) is 35.7 Å². The molecule has 2 heterocycles. The summed E-state index contributed by atoms with van der Waals surface area (Å²) in [5, 5.41) is 9.72. The van der Waals surface area contributed by atoms with Crippen molar-refractivity contribution in [3.05, 3.63) is 47.7 Å². The summed E-state index contributed by atoms with van der Waals surface area (Å²) < 4.78 is 16.7. The van der Waals surface area contributed by atoms with E-state index in [9.17, 15) is 9.90 Å². The summed E-state index contributed by atoms with van der Waals surface area (Å²) in [5.74, 6) is 1.07. The van der Waals surface area contributed by atoms with E-state index in [1.807, 2.05) is 26.0 Å². The maximum Gasteiger partial charge on any atom is 0.216 e. The Balaban J connectivity index is 0.00000117. The van der Waals surface area contributed by atoms with E-state index in [1.165, 1.54) is 6.07 Å². The Morgan fingerprint density at radius 3 is 2.81 bits per heavy atom. The van der Waals surface area contributed by atoms with E-state index < -0.39 is 0 Å². The lowest BCUT2D eigenvalue weighted by Crippen LogP contribution is -2.20. The Hall–Kier alpha value is -2.60. The smallest absolute Gasteiger partial charge is 0.216 e. The molecule has 1 aromatic heterocycles. The highest BCUT2D eigenvalue weighted by atomic mass is 16.5. The summed E-state index contributed by atoms with van der Waals surface area (Å²) in [4.78, 5) is 15.4. The van der Waals surface area contributed by atoms with E-state index in [0.717, 1.165) is 5.56 Å². The Labute approximate surface area is 153 Å². The van der Waals surface area contributed by atoms with Crippen LogP contribution in [0.5, 0.6) is 17.4 Å². The molecule has 2 aromatic rings. The predicted molar refractivity (Wildman–Crippen MR) is 98.2 cm³/mol. The van der Waals surface area contributed by atoms with E-state index >= 15 is 0 Å². The summed E-state index contributed by atoms with van der Waals surface area (Å²) in [5.41, 5.74) is 1.14. The zero-order valence-corrected chi connectivity index (χ0v) is 15.3. The van der Waals surface area contributed by atoms with E-state index in [2.05, 4.69) is 4.98 Å². The molecule has 0 saturated carbocycles. The van der Waals surface area contributed by atoms with Crippen LogP contribution in [0.25, 0.3) is 0 Å². The van der Waals surface area contributed by atoms with Crippen molar-refractivity contribution in [2.45, 2.75) is 19.8 Å². The number of methoxy groups -OCH3 is 1. The summed E-state index contributed by atoms with van der Waals surface area (Å²) >= 11 is 0. The van der Waals surface area contributed by atoms with Crippen molar-refractivity contribution in [1.29, 1.82) is 0 Å². The molecule has 0 amide bonds. The summed E-state index contributed by atoms with van der Waals surface area (Å²) in [7, 11) is 1.59. The molecule has 1 fully saturated rings. The van der Waals surface area contributed by atoms with Crippen molar-refractivity contribution >= 4 is 6.29 Å². The highest BCUT2D eigenvalue weighted by Gasteiger charge is 2.32. The molecule has 1 N–H and O–H groups in total. The van der Waals surface area contributed by atoms with Crippen molar-refractivity contribution in [3.8, 4) is 17.4 Å². The van der Waals surface area contributed by atoms with Crippen LogP contribution in [-0.4, -0.2) is 43.3 Å². The Morgan fingerprint density at radius 2 is 2.08 bits per heavy atom. The van der Waals surface area contributed by atoms with Gasteiger partial charge in [0.25, 0.3) is 0 Å². The molecule has 6 heteroatoms. The second kappa shape index (κ2) is 9.77. The van der Waals surface area contributed by atoms with Gasteiger partial charge < -0.3 is 19.3 Å². The number of rotatable bonds is 6. The van der Waals surface area contributed by atoms with Crippen LogP contribution >= 0.6 is 0 Å². The van der Waals surface area contributed by atoms with Crippen LogP contribution in [0.3, 0.4) is 0 Å². The third kappa shape index (κ3) is 4.32. The Morgan fingerprint density at radius 1 is 1.27 bits per heavy atom. The number of aromatic hydroxyl groups is 1. The molecule has 0 spiro atoms. The van der Waals surface area contributed by atoms with E-state index in [0.29, 0.717) is 37.7 Å². The lowest BCUT2D eigenvalue weighted by molar-refractivity contribution is 0.111. The molecular formula is C20H25NO5. The van der Waals surface area contributed by atoms with Gasteiger partial charge >= 0.3 is 0 Å². The highest BCUT2D eigenvalue weighted by Crippen LogP contribution is 2.36. The molecule has 0 radical (unpaired) electrons. The van der Waals surface area contributed by atoms with E-state index in [1.54, 1.807) is 25.4 Å². The minimum absolute atomic E-state index is 0.0874. The van der Waals surface area contributed by atoms with Crippen molar-refractivity contribution in [2.75, 3.05) is 26.9 Å². The minimum Gasteiger partial charge on any atom is -0.507 e. The zero-order chi connectivity index (χ0) is 18.9. The molecule has 26 heavy (non-hydrogen) atoms. The SMILES string of the molecule is CC.COc1ncccc1C1COCC1COc1cccc(O)c1C=O. The van der Waals surface area contributed by atoms with Gasteiger partial charge in [0.05, 0.1) is 32.5 Å². The monoisotopic (exact) mass is 359 g/mol. The van der Waals surface area contributed by atoms with Gasteiger partial charge in [-0.2, -0.15) is 0 Å². The molecule has 1 saturated heterocycles. The van der Waals surface area contributed by atoms with Gasteiger partial charge in [0.15, 0.2) is 6.29 Å². The number of carbonyl (C=O) groups excluding carboxylic acids is 1. The largest absolute Gasteiger partial charge is 0.507 e. The van der Waals surface area contributed by atoms with Crippen molar-refractivity contribution in [3.63, 3.8) is 0 Å². The average Bonchev–Trinajstić information content (AvgIpc) is 3.16. The predicted octanol–water partition coefficient (Wildman–Crippen LogP) is 3.44. The Kier molecular flexibility index (Phi) is 7.41. The zero-order valence-electron chi connectivity index (χ0n) is 15.3. The first kappa shape index (κ1) is 19.7. The number of phenols is 1. The molecule has 140 valence electrons. The standard InChI is InChI=1S/C18H19NO5.C2H6/c1-22-18-13(4-3-7-19-18)15-11-23-9-12(15)10-24-17-6-2-5-16(21)14(17)8-20;1-2/h2-8,12,15,21H,9-11H2,1H3;1-2H3.